The van der Waals surface area contributed by atoms with Crippen LogP contribution in [-0.4, -0.2) is 35.7 Å². The molecule has 1 atom stereocenters. The van der Waals surface area contributed by atoms with E-state index in [0.29, 0.717) is 17.7 Å². The number of benzene rings is 4. The second kappa shape index (κ2) is 14.4. The Hall–Kier alpha value is -5.71. The Morgan fingerprint density at radius 1 is 0.826 bits per heavy atom. The largest absolute Gasteiger partial charge is 0.514 e. The molecule has 4 aromatic rings. The highest BCUT2D eigenvalue weighted by molar-refractivity contribution is 5.96. The number of non-ortho nitro benzene ring substituents is 1. The minimum absolute atomic E-state index is 0.0952. The first-order chi connectivity index (χ1) is 22.2. The summed E-state index contributed by atoms with van der Waals surface area (Å²) in [6, 6.07) is 27.0. The highest BCUT2D eigenvalue weighted by Crippen LogP contribution is 2.44. The van der Waals surface area contributed by atoms with E-state index in [1.807, 2.05) is 50.2 Å². The smallest absolute Gasteiger partial charge is 0.449 e. The third-order valence-electron chi connectivity index (χ3n) is 7.49. The minimum Gasteiger partial charge on any atom is -0.449 e. The Labute approximate surface area is 265 Å². The van der Waals surface area contributed by atoms with Crippen molar-refractivity contribution < 1.29 is 33.5 Å². The monoisotopic (exact) mass is 623 g/mol. The maximum absolute atomic E-state index is 13.2. The number of anilines is 1. The fourth-order valence-corrected chi connectivity index (χ4v) is 5.30. The van der Waals surface area contributed by atoms with Gasteiger partial charge in [0, 0.05) is 23.7 Å². The number of carbonyl (C=O) groups excluding carboxylic acids is 3. The van der Waals surface area contributed by atoms with Gasteiger partial charge in [-0.3, -0.25) is 14.9 Å². The molecule has 0 unspecified atom stereocenters. The summed E-state index contributed by atoms with van der Waals surface area (Å²) < 4.78 is 15.8. The molecule has 1 aliphatic rings. The van der Waals surface area contributed by atoms with Crippen LogP contribution < -0.4 is 15.4 Å². The molecule has 0 bridgehead atoms. The molecule has 2 N–H and O–H groups in total. The maximum Gasteiger partial charge on any atom is 0.514 e. The number of nitrogens with zero attached hydrogens (tertiary/aromatic N) is 1. The fourth-order valence-electron chi connectivity index (χ4n) is 5.30. The van der Waals surface area contributed by atoms with Gasteiger partial charge in [0.1, 0.15) is 25.0 Å². The number of carbonyl (C=O) groups is 3. The van der Waals surface area contributed by atoms with Gasteiger partial charge in [-0.2, -0.15) is 0 Å². The van der Waals surface area contributed by atoms with E-state index in [-0.39, 0.29) is 36.5 Å². The van der Waals surface area contributed by atoms with Crippen LogP contribution in [0.4, 0.5) is 21.0 Å². The van der Waals surface area contributed by atoms with Gasteiger partial charge in [0.05, 0.1) is 4.92 Å². The Morgan fingerprint density at radius 3 is 2.02 bits per heavy atom. The van der Waals surface area contributed by atoms with Crippen LogP contribution in [0.3, 0.4) is 0 Å². The molecule has 1 aliphatic carbocycles. The van der Waals surface area contributed by atoms with Crippen LogP contribution >= 0.6 is 0 Å². The molecule has 0 saturated carbocycles. The van der Waals surface area contributed by atoms with Crippen molar-refractivity contribution in [3.63, 3.8) is 0 Å². The van der Waals surface area contributed by atoms with Crippen molar-refractivity contribution >= 4 is 29.5 Å². The van der Waals surface area contributed by atoms with E-state index in [2.05, 4.69) is 22.8 Å². The second-order valence-corrected chi connectivity index (χ2v) is 11.2. The van der Waals surface area contributed by atoms with Crippen LogP contribution in [-0.2, 0) is 20.9 Å². The lowest BCUT2D eigenvalue weighted by molar-refractivity contribution is -0.384. The number of nitro benzene ring substituents is 1. The van der Waals surface area contributed by atoms with Crippen molar-refractivity contribution in [1.29, 1.82) is 0 Å². The van der Waals surface area contributed by atoms with E-state index < -0.39 is 29.1 Å². The lowest BCUT2D eigenvalue weighted by Gasteiger charge is -2.21. The van der Waals surface area contributed by atoms with Gasteiger partial charge in [0.25, 0.3) is 5.69 Å². The van der Waals surface area contributed by atoms with E-state index >= 15 is 0 Å². The van der Waals surface area contributed by atoms with Crippen molar-refractivity contribution in [3.05, 3.63) is 124 Å². The van der Waals surface area contributed by atoms with Crippen molar-refractivity contribution in [3.8, 4) is 16.9 Å². The average Bonchev–Trinajstić information content (AvgIpc) is 3.36. The first-order valence-corrected chi connectivity index (χ1v) is 14.8. The van der Waals surface area contributed by atoms with Gasteiger partial charge in [-0.25, -0.2) is 9.59 Å². The molecule has 11 heteroatoms. The van der Waals surface area contributed by atoms with Gasteiger partial charge < -0.3 is 24.8 Å². The molecule has 2 amide bonds. The molecule has 0 spiro atoms. The highest BCUT2D eigenvalue weighted by Gasteiger charge is 2.30. The average molecular weight is 624 g/mol. The molecule has 0 aliphatic heterocycles. The molecular formula is C35H33N3O8. The zero-order chi connectivity index (χ0) is 32.6. The van der Waals surface area contributed by atoms with Crippen LogP contribution in [0.1, 0.15) is 42.9 Å². The number of hydrogen-bond donors (Lipinski definition) is 2. The molecule has 0 saturated heterocycles. The lowest BCUT2D eigenvalue weighted by atomic mass is 9.98. The fraction of sp³-hybridized carbons (Fsp3) is 0.229. The number of alkyl carbamates (subject to hydrolysis) is 1. The zero-order valence-corrected chi connectivity index (χ0v) is 25.3. The molecule has 0 fully saturated rings. The number of hydrogen-bond acceptors (Lipinski definition) is 8. The minimum atomic E-state index is -0.970. The number of rotatable bonds is 11. The van der Waals surface area contributed by atoms with Gasteiger partial charge in [0.15, 0.2) is 0 Å². The van der Waals surface area contributed by atoms with Crippen molar-refractivity contribution in [1.82, 2.24) is 5.32 Å². The third-order valence-corrected chi connectivity index (χ3v) is 7.49. The summed E-state index contributed by atoms with van der Waals surface area (Å²) in [6.45, 7) is 3.96. The van der Waals surface area contributed by atoms with Crippen molar-refractivity contribution in [2.45, 2.75) is 38.8 Å². The maximum atomic E-state index is 13.2. The summed E-state index contributed by atoms with van der Waals surface area (Å²) in [5.74, 6) is -0.258. The number of fused-ring (bicyclic) bond motifs is 3. The SMILES string of the molecule is CC(C)C[C@@H](NC(=O)OCC1c2ccccc2-c2ccccc21)C(=O)Nc1ccc(COC(=O)Oc2ccc([N+](=O)[O-])cc2)cc1. The zero-order valence-electron chi connectivity index (χ0n) is 25.3. The van der Waals surface area contributed by atoms with Crippen LogP contribution in [0, 0.1) is 16.0 Å². The van der Waals surface area contributed by atoms with Gasteiger partial charge in [0.2, 0.25) is 5.91 Å². The van der Waals surface area contributed by atoms with Crippen molar-refractivity contribution in [2.75, 3.05) is 11.9 Å². The van der Waals surface area contributed by atoms with Gasteiger partial charge in [-0.1, -0.05) is 74.5 Å². The molecule has 11 nitrogen and oxygen atoms in total. The highest BCUT2D eigenvalue weighted by atomic mass is 16.7. The van der Waals surface area contributed by atoms with Crippen LogP contribution in [0.25, 0.3) is 11.1 Å². The number of nitro groups is 1. The second-order valence-electron chi connectivity index (χ2n) is 11.2. The molecular weight excluding hydrogens is 590 g/mol. The van der Waals surface area contributed by atoms with Gasteiger partial charge in [-0.05, 0) is 64.4 Å². The van der Waals surface area contributed by atoms with E-state index in [4.69, 9.17) is 14.2 Å². The summed E-state index contributed by atoms with van der Waals surface area (Å²) in [5.41, 5.74) is 5.45. The van der Waals surface area contributed by atoms with E-state index in [0.717, 1.165) is 22.3 Å². The van der Waals surface area contributed by atoms with E-state index in [9.17, 15) is 24.5 Å². The van der Waals surface area contributed by atoms with E-state index in [1.165, 1.54) is 24.3 Å². The summed E-state index contributed by atoms with van der Waals surface area (Å²) >= 11 is 0. The normalized spacial score (nSPS) is 12.4. The standard InChI is InChI=1S/C35H33N3O8/c1-22(2)19-32(37-34(40)44-21-31-29-9-5-3-7-27(29)28-8-4-6-10-30(28)31)33(39)36-24-13-11-23(12-14-24)20-45-35(41)46-26-17-15-25(16-18-26)38(42)43/h3-18,22,31-32H,19-21H2,1-2H3,(H,36,39)(H,37,40)/t32-/m1/s1. The topological polar surface area (TPSA) is 146 Å². The molecule has 5 rings (SSSR count). The molecule has 0 radical (unpaired) electrons. The Kier molecular flexibility index (Phi) is 9.91. The summed E-state index contributed by atoms with van der Waals surface area (Å²) in [7, 11) is 0. The van der Waals surface area contributed by atoms with Gasteiger partial charge in [-0.15, -0.1) is 0 Å². The predicted molar refractivity (Wildman–Crippen MR) is 170 cm³/mol. The van der Waals surface area contributed by atoms with Gasteiger partial charge >= 0.3 is 12.2 Å². The Morgan fingerprint density at radius 2 is 1.43 bits per heavy atom. The van der Waals surface area contributed by atoms with Crippen LogP contribution in [0.15, 0.2) is 97.1 Å². The molecule has 0 heterocycles. The molecule has 0 aromatic heterocycles. The Balaban J connectivity index is 1.12. The quantitative estimate of drug-likeness (QED) is 0.0772. The lowest BCUT2D eigenvalue weighted by Crippen LogP contribution is -2.45. The number of nitrogens with one attached hydrogen (secondary N) is 2. The predicted octanol–water partition coefficient (Wildman–Crippen LogP) is 7.20. The molecule has 236 valence electrons. The summed E-state index contributed by atoms with van der Waals surface area (Å²) in [5, 5.41) is 16.3. The number of ether oxygens (including phenoxy) is 3. The molecule has 46 heavy (non-hydrogen) atoms. The van der Waals surface area contributed by atoms with E-state index in [1.54, 1.807) is 24.3 Å². The molecule has 4 aromatic carbocycles. The third kappa shape index (κ3) is 7.86. The summed E-state index contributed by atoms with van der Waals surface area (Å²) in [6.07, 6.45) is -1.24. The van der Waals surface area contributed by atoms with Crippen LogP contribution in [0.2, 0.25) is 0 Å². The first kappa shape index (κ1) is 31.7. The van der Waals surface area contributed by atoms with Crippen molar-refractivity contribution in [2.24, 2.45) is 5.92 Å². The number of amides is 2. The summed E-state index contributed by atoms with van der Waals surface area (Å²) in [4.78, 5) is 48.3. The first-order valence-electron chi connectivity index (χ1n) is 14.8. The Bertz CT molecular complexity index is 1680. The van der Waals surface area contributed by atoms with Crippen LogP contribution in [0.5, 0.6) is 5.75 Å².